The van der Waals surface area contributed by atoms with Crippen molar-refractivity contribution in [2.75, 3.05) is 0 Å². The van der Waals surface area contributed by atoms with E-state index in [9.17, 15) is 5.11 Å². The standard InChI is InChI=1S/C17H19NO2/c1-16(2,3)17(19,11-15-12-18-13-20-15)10-9-14-7-5-4-6-8-14/h4-8,12-13,19H,11H2,1-3H3. The van der Waals surface area contributed by atoms with Crippen LogP contribution in [0.4, 0.5) is 0 Å². The van der Waals surface area contributed by atoms with Gasteiger partial charge >= 0.3 is 0 Å². The molecular weight excluding hydrogens is 250 g/mol. The van der Waals surface area contributed by atoms with Gasteiger partial charge in [-0.1, -0.05) is 50.8 Å². The molecule has 1 unspecified atom stereocenters. The van der Waals surface area contributed by atoms with Crippen LogP contribution in [0.15, 0.2) is 47.3 Å². The topological polar surface area (TPSA) is 46.3 Å². The lowest BCUT2D eigenvalue weighted by Crippen LogP contribution is -2.43. The molecule has 0 radical (unpaired) electrons. The molecule has 0 amide bonds. The molecule has 3 nitrogen and oxygen atoms in total. The van der Waals surface area contributed by atoms with E-state index in [1.54, 1.807) is 6.20 Å². The minimum absolute atomic E-state index is 0.316. The molecule has 2 rings (SSSR count). The summed E-state index contributed by atoms with van der Waals surface area (Å²) >= 11 is 0. The van der Waals surface area contributed by atoms with Gasteiger partial charge in [0, 0.05) is 17.4 Å². The number of aromatic nitrogens is 1. The first-order valence-corrected chi connectivity index (χ1v) is 6.59. The maximum Gasteiger partial charge on any atom is 0.180 e. The van der Waals surface area contributed by atoms with Gasteiger partial charge in [-0.05, 0) is 12.1 Å². The van der Waals surface area contributed by atoms with Gasteiger partial charge < -0.3 is 9.52 Å². The third kappa shape index (κ3) is 3.28. The molecule has 3 heteroatoms. The van der Waals surface area contributed by atoms with E-state index in [2.05, 4.69) is 16.8 Å². The van der Waals surface area contributed by atoms with E-state index in [1.807, 2.05) is 51.1 Å². The Balaban J connectivity index is 2.31. The van der Waals surface area contributed by atoms with E-state index in [1.165, 1.54) is 6.39 Å². The van der Waals surface area contributed by atoms with Gasteiger partial charge in [-0.15, -0.1) is 0 Å². The molecule has 1 N–H and O–H groups in total. The van der Waals surface area contributed by atoms with Gasteiger partial charge in [0.2, 0.25) is 0 Å². The van der Waals surface area contributed by atoms with E-state index >= 15 is 0 Å². The van der Waals surface area contributed by atoms with Crippen LogP contribution < -0.4 is 0 Å². The number of hydrogen-bond donors (Lipinski definition) is 1. The highest BCUT2D eigenvalue weighted by molar-refractivity contribution is 5.37. The molecule has 0 aliphatic heterocycles. The summed E-state index contributed by atoms with van der Waals surface area (Å²) in [5, 5.41) is 10.9. The molecule has 0 aliphatic carbocycles. The molecule has 1 atom stereocenters. The number of hydrogen-bond acceptors (Lipinski definition) is 3. The summed E-state index contributed by atoms with van der Waals surface area (Å²) in [4.78, 5) is 3.88. The van der Waals surface area contributed by atoms with Gasteiger partial charge in [-0.25, -0.2) is 4.98 Å². The zero-order valence-corrected chi connectivity index (χ0v) is 12.1. The van der Waals surface area contributed by atoms with E-state index in [0.717, 1.165) is 5.56 Å². The van der Waals surface area contributed by atoms with Crippen LogP contribution in [0, 0.1) is 17.3 Å². The van der Waals surface area contributed by atoms with Crippen molar-refractivity contribution < 1.29 is 9.52 Å². The Morgan fingerprint density at radius 2 is 1.90 bits per heavy atom. The van der Waals surface area contributed by atoms with E-state index < -0.39 is 11.0 Å². The van der Waals surface area contributed by atoms with E-state index in [-0.39, 0.29) is 0 Å². The van der Waals surface area contributed by atoms with Crippen molar-refractivity contribution in [2.24, 2.45) is 5.41 Å². The van der Waals surface area contributed by atoms with E-state index in [0.29, 0.717) is 12.2 Å². The molecule has 2 aromatic rings. The highest BCUT2D eigenvalue weighted by atomic mass is 16.3. The molecular formula is C17H19NO2. The molecule has 104 valence electrons. The van der Waals surface area contributed by atoms with Crippen LogP contribution in [-0.4, -0.2) is 15.7 Å². The zero-order valence-electron chi connectivity index (χ0n) is 12.1. The number of oxazole rings is 1. The Bertz CT molecular complexity index is 600. The van der Waals surface area contributed by atoms with Crippen molar-refractivity contribution in [1.29, 1.82) is 0 Å². The lowest BCUT2D eigenvalue weighted by molar-refractivity contribution is -0.00778. The normalized spacial score (nSPS) is 14.2. The van der Waals surface area contributed by atoms with Gasteiger partial charge in [-0.3, -0.25) is 0 Å². The third-order valence-electron chi connectivity index (χ3n) is 3.34. The van der Waals surface area contributed by atoms with Gasteiger partial charge in [0.25, 0.3) is 0 Å². The Hall–Kier alpha value is -2.05. The second-order valence-electron chi connectivity index (χ2n) is 5.87. The smallest absolute Gasteiger partial charge is 0.180 e. The fourth-order valence-electron chi connectivity index (χ4n) is 1.78. The molecule has 0 spiro atoms. The summed E-state index contributed by atoms with van der Waals surface area (Å²) in [6.07, 6.45) is 3.29. The highest BCUT2D eigenvalue weighted by Crippen LogP contribution is 2.33. The van der Waals surface area contributed by atoms with Crippen molar-refractivity contribution in [3.05, 3.63) is 54.2 Å². The fourth-order valence-corrected chi connectivity index (χ4v) is 1.78. The largest absolute Gasteiger partial charge is 0.448 e. The molecule has 0 aliphatic rings. The Labute approximate surface area is 119 Å². The number of aliphatic hydroxyl groups is 1. The lowest BCUT2D eigenvalue weighted by Gasteiger charge is -2.35. The average Bonchev–Trinajstić information content (AvgIpc) is 2.89. The maximum absolute atomic E-state index is 10.9. The van der Waals surface area contributed by atoms with Crippen LogP contribution in [0.25, 0.3) is 0 Å². The minimum atomic E-state index is -1.18. The highest BCUT2D eigenvalue weighted by Gasteiger charge is 2.39. The maximum atomic E-state index is 10.9. The van der Waals surface area contributed by atoms with Crippen LogP contribution in [-0.2, 0) is 6.42 Å². The van der Waals surface area contributed by atoms with Crippen LogP contribution >= 0.6 is 0 Å². The van der Waals surface area contributed by atoms with Crippen LogP contribution in [0.5, 0.6) is 0 Å². The average molecular weight is 269 g/mol. The van der Waals surface area contributed by atoms with Crippen molar-refractivity contribution in [3.63, 3.8) is 0 Å². The fraction of sp³-hybridized carbons (Fsp3) is 0.353. The second kappa shape index (κ2) is 5.52. The molecule has 0 fully saturated rings. The Morgan fingerprint density at radius 3 is 2.45 bits per heavy atom. The summed E-state index contributed by atoms with van der Waals surface area (Å²) < 4.78 is 5.24. The number of benzene rings is 1. The van der Waals surface area contributed by atoms with Crippen molar-refractivity contribution in [3.8, 4) is 11.8 Å². The molecule has 0 saturated carbocycles. The molecule has 1 heterocycles. The minimum Gasteiger partial charge on any atom is -0.448 e. The Kier molecular flexibility index (Phi) is 3.96. The zero-order chi connectivity index (χ0) is 14.6. The lowest BCUT2D eigenvalue weighted by atomic mass is 9.74. The Morgan fingerprint density at radius 1 is 1.20 bits per heavy atom. The first-order valence-electron chi connectivity index (χ1n) is 6.59. The summed E-state index contributed by atoms with van der Waals surface area (Å²) in [6.45, 7) is 5.88. The predicted octanol–water partition coefficient (Wildman–Crippen LogP) is 3.05. The molecule has 1 aromatic heterocycles. The van der Waals surface area contributed by atoms with Gasteiger partial charge in [0.05, 0.1) is 6.20 Å². The summed E-state index contributed by atoms with van der Waals surface area (Å²) in [5.74, 6) is 6.68. The van der Waals surface area contributed by atoms with Crippen LogP contribution in [0.3, 0.4) is 0 Å². The molecule has 20 heavy (non-hydrogen) atoms. The van der Waals surface area contributed by atoms with Crippen molar-refractivity contribution >= 4 is 0 Å². The second-order valence-corrected chi connectivity index (χ2v) is 5.87. The summed E-state index contributed by atoms with van der Waals surface area (Å²) in [6, 6.07) is 9.64. The first kappa shape index (κ1) is 14.4. The molecule has 1 aromatic carbocycles. The van der Waals surface area contributed by atoms with Crippen LogP contribution in [0.2, 0.25) is 0 Å². The van der Waals surface area contributed by atoms with Gasteiger partial charge in [0.1, 0.15) is 11.4 Å². The van der Waals surface area contributed by atoms with Crippen molar-refractivity contribution in [1.82, 2.24) is 4.98 Å². The van der Waals surface area contributed by atoms with Gasteiger partial charge in [-0.2, -0.15) is 0 Å². The van der Waals surface area contributed by atoms with Crippen LogP contribution in [0.1, 0.15) is 32.1 Å². The molecule has 0 bridgehead atoms. The summed E-state index contributed by atoms with van der Waals surface area (Å²) in [7, 11) is 0. The van der Waals surface area contributed by atoms with Crippen molar-refractivity contribution in [2.45, 2.75) is 32.8 Å². The third-order valence-corrected chi connectivity index (χ3v) is 3.34. The number of nitrogens with zero attached hydrogens (tertiary/aromatic N) is 1. The SMILES string of the molecule is CC(C)(C)C(O)(C#Cc1ccccc1)Cc1cnco1. The van der Waals surface area contributed by atoms with Gasteiger partial charge in [0.15, 0.2) is 6.39 Å². The first-order chi connectivity index (χ1) is 9.41. The summed E-state index contributed by atoms with van der Waals surface area (Å²) in [5.41, 5.74) is -0.697. The number of rotatable bonds is 2. The predicted molar refractivity (Wildman–Crippen MR) is 77.9 cm³/mol. The quantitative estimate of drug-likeness (QED) is 0.852. The van der Waals surface area contributed by atoms with E-state index in [4.69, 9.17) is 4.42 Å². The monoisotopic (exact) mass is 269 g/mol. The molecule has 0 saturated heterocycles.